The molecule has 1 atom stereocenters. The Hall–Kier alpha value is -0.820. The Balaban J connectivity index is 1.88. The molecular formula is C14H19O. The normalized spacial score (nSPS) is 20.1. The molecule has 0 saturated heterocycles. The van der Waals surface area contributed by atoms with Gasteiger partial charge in [0, 0.05) is 0 Å². The maximum atomic E-state index is 10.1. The summed E-state index contributed by atoms with van der Waals surface area (Å²) in [6.45, 7) is 0. The summed E-state index contributed by atoms with van der Waals surface area (Å²) >= 11 is 0. The van der Waals surface area contributed by atoms with Crippen molar-refractivity contribution in [3.8, 4) is 0 Å². The van der Waals surface area contributed by atoms with Gasteiger partial charge in [-0.2, -0.15) is 0 Å². The van der Waals surface area contributed by atoms with Crippen molar-refractivity contribution in [3.63, 3.8) is 0 Å². The third-order valence-electron chi connectivity index (χ3n) is 3.41. The van der Waals surface area contributed by atoms with Gasteiger partial charge in [-0.3, -0.25) is 0 Å². The van der Waals surface area contributed by atoms with E-state index in [9.17, 15) is 5.11 Å². The zero-order valence-electron chi connectivity index (χ0n) is 9.15. The maximum absolute atomic E-state index is 10.1. The molecule has 15 heavy (non-hydrogen) atoms. The Kier molecular flexibility index (Phi) is 3.79. The number of hydrogen-bond acceptors (Lipinski definition) is 1. The minimum absolute atomic E-state index is 0.275. The van der Waals surface area contributed by atoms with E-state index in [2.05, 4.69) is 6.07 Å². The summed E-state index contributed by atoms with van der Waals surface area (Å²) in [6, 6.07) is 10.7. The molecule has 0 amide bonds. The van der Waals surface area contributed by atoms with Crippen molar-refractivity contribution >= 4 is 0 Å². The third kappa shape index (κ3) is 3.07. The second-order valence-corrected chi connectivity index (χ2v) is 4.59. The first-order chi connectivity index (χ1) is 7.36. The Morgan fingerprint density at radius 3 is 2.53 bits per heavy atom. The lowest BCUT2D eigenvalue weighted by atomic mass is 9.84. The van der Waals surface area contributed by atoms with Crippen LogP contribution in [-0.2, 0) is 0 Å². The van der Waals surface area contributed by atoms with Gasteiger partial charge in [-0.1, -0.05) is 56.4 Å². The maximum Gasteiger partial charge on any atom is 0.0792 e. The highest BCUT2D eigenvalue weighted by Gasteiger charge is 2.18. The fourth-order valence-electron chi connectivity index (χ4n) is 2.50. The lowest BCUT2D eigenvalue weighted by Gasteiger charge is -2.24. The lowest BCUT2D eigenvalue weighted by Crippen LogP contribution is -2.11. The van der Waals surface area contributed by atoms with Gasteiger partial charge in [0.1, 0.15) is 0 Å². The van der Waals surface area contributed by atoms with Crippen LogP contribution in [0.25, 0.3) is 0 Å². The summed E-state index contributed by atoms with van der Waals surface area (Å²) in [5.74, 6) is 0.734. The Bertz CT molecular complexity index is 275. The fraction of sp³-hybridized carbons (Fsp3) is 0.571. The van der Waals surface area contributed by atoms with Crippen LogP contribution in [0.3, 0.4) is 0 Å². The molecule has 0 spiro atoms. The highest BCUT2D eigenvalue weighted by Crippen LogP contribution is 2.31. The van der Waals surface area contributed by atoms with Crippen molar-refractivity contribution in [2.75, 3.05) is 0 Å². The van der Waals surface area contributed by atoms with Gasteiger partial charge in [0.05, 0.1) is 6.10 Å². The average Bonchev–Trinajstić information content (AvgIpc) is 2.31. The minimum Gasteiger partial charge on any atom is -0.388 e. The Morgan fingerprint density at radius 2 is 1.87 bits per heavy atom. The first-order valence-corrected chi connectivity index (χ1v) is 6.00. The highest BCUT2D eigenvalue weighted by molar-refractivity contribution is 5.16. The molecule has 1 unspecified atom stereocenters. The van der Waals surface area contributed by atoms with Gasteiger partial charge in [0.2, 0.25) is 0 Å². The first-order valence-electron chi connectivity index (χ1n) is 6.00. The van der Waals surface area contributed by atoms with Crippen LogP contribution in [0.5, 0.6) is 0 Å². The van der Waals surface area contributed by atoms with E-state index in [-0.39, 0.29) is 6.10 Å². The Morgan fingerprint density at radius 1 is 1.20 bits per heavy atom. The smallest absolute Gasteiger partial charge is 0.0792 e. The highest BCUT2D eigenvalue weighted by atomic mass is 16.3. The van der Waals surface area contributed by atoms with Gasteiger partial charge in [-0.05, 0) is 24.0 Å². The van der Waals surface area contributed by atoms with E-state index in [0.29, 0.717) is 0 Å². The largest absolute Gasteiger partial charge is 0.388 e. The van der Waals surface area contributed by atoms with Crippen LogP contribution in [0.4, 0.5) is 0 Å². The Labute approximate surface area is 92.1 Å². The van der Waals surface area contributed by atoms with E-state index in [4.69, 9.17) is 0 Å². The van der Waals surface area contributed by atoms with Crippen molar-refractivity contribution in [2.45, 2.75) is 44.6 Å². The topological polar surface area (TPSA) is 20.2 Å². The molecule has 0 aliphatic heterocycles. The van der Waals surface area contributed by atoms with E-state index < -0.39 is 0 Å². The van der Waals surface area contributed by atoms with Crippen LogP contribution in [-0.4, -0.2) is 5.11 Å². The lowest BCUT2D eigenvalue weighted by molar-refractivity contribution is 0.131. The summed E-state index contributed by atoms with van der Waals surface area (Å²) in [5, 5.41) is 10.1. The molecule has 1 saturated carbocycles. The molecule has 1 N–H and O–H groups in total. The monoisotopic (exact) mass is 203 g/mol. The molecule has 1 aromatic carbocycles. The van der Waals surface area contributed by atoms with Crippen molar-refractivity contribution in [1.82, 2.24) is 0 Å². The van der Waals surface area contributed by atoms with E-state index in [1.807, 2.05) is 24.3 Å². The van der Waals surface area contributed by atoms with Crippen LogP contribution in [0.15, 0.2) is 24.3 Å². The van der Waals surface area contributed by atoms with Crippen molar-refractivity contribution in [2.24, 2.45) is 5.92 Å². The van der Waals surface area contributed by atoms with Crippen molar-refractivity contribution in [3.05, 3.63) is 35.9 Å². The zero-order valence-corrected chi connectivity index (χ0v) is 9.15. The summed E-state index contributed by atoms with van der Waals surface area (Å²) < 4.78 is 0. The van der Waals surface area contributed by atoms with Gasteiger partial charge in [-0.25, -0.2) is 0 Å². The molecular weight excluding hydrogens is 184 g/mol. The van der Waals surface area contributed by atoms with Gasteiger partial charge < -0.3 is 5.11 Å². The molecule has 1 heteroatoms. The van der Waals surface area contributed by atoms with Crippen LogP contribution in [0, 0.1) is 12.0 Å². The average molecular weight is 203 g/mol. The molecule has 1 aliphatic carbocycles. The number of hydrogen-bond donors (Lipinski definition) is 1. The molecule has 1 aromatic rings. The van der Waals surface area contributed by atoms with Gasteiger partial charge >= 0.3 is 0 Å². The minimum atomic E-state index is -0.275. The number of benzene rings is 1. The summed E-state index contributed by atoms with van der Waals surface area (Å²) in [6.07, 6.45) is 7.34. The zero-order chi connectivity index (χ0) is 10.5. The standard InChI is InChI=1S/C14H19O/c15-14(13-9-5-2-6-10-13)11-12-7-3-1-4-8-12/h5-6,9-10,12,14-15H,1,3-4,7-8,11H2. The molecule has 1 radical (unpaired) electrons. The molecule has 0 aromatic heterocycles. The second kappa shape index (κ2) is 5.32. The molecule has 81 valence electrons. The van der Waals surface area contributed by atoms with Crippen LogP contribution < -0.4 is 0 Å². The molecule has 2 rings (SSSR count). The number of rotatable bonds is 3. The quantitative estimate of drug-likeness (QED) is 0.797. The fourth-order valence-corrected chi connectivity index (χ4v) is 2.50. The van der Waals surface area contributed by atoms with E-state index >= 15 is 0 Å². The third-order valence-corrected chi connectivity index (χ3v) is 3.41. The van der Waals surface area contributed by atoms with E-state index in [1.165, 1.54) is 32.1 Å². The molecule has 1 aliphatic rings. The molecule has 0 bridgehead atoms. The molecule has 1 nitrogen and oxygen atoms in total. The summed E-state index contributed by atoms with van der Waals surface area (Å²) in [7, 11) is 0. The van der Waals surface area contributed by atoms with E-state index in [1.54, 1.807) is 0 Å². The predicted molar refractivity (Wildman–Crippen MR) is 61.4 cm³/mol. The molecule has 1 fully saturated rings. The number of aliphatic hydroxyl groups is 1. The van der Waals surface area contributed by atoms with Gasteiger partial charge in [0.15, 0.2) is 0 Å². The van der Waals surface area contributed by atoms with Crippen LogP contribution in [0.2, 0.25) is 0 Å². The van der Waals surface area contributed by atoms with Crippen LogP contribution >= 0.6 is 0 Å². The van der Waals surface area contributed by atoms with Crippen LogP contribution in [0.1, 0.15) is 50.2 Å². The summed E-state index contributed by atoms with van der Waals surface area (Å²) in [5.41, 5.74) is 1.04. The SMILES string of the molecule is OC(CC1CCCCC1)c1cc[c]cc1. The van der Waals surface area contributed by atoms with Gasteiger partial charge in [-0.15, -0.1) is 0 Å². The van der Waals surface area contributed by atoms with Gasteiger partial charge in [0.25, 0.3) is 0 Å². The first kappa shape index (κ1) is 10.7. The van der Waals surface area contributed by atoms with Crippen molar-refractivity contribution < 1.29 is 5.11 Å². The second-order valence-electron chi connectivity index (χ2n) is 4.59. The number of aliphatic hydroxyl groups excluding tert-OH is 1. The van der Waals surface area contributed by atoms with E-state index in [0.717, 1.165) is 17.9 Å². The van der Waals surface area contributed by atoms with Crippen molar-refractivity contribution in [1.29, 1.82) is 0 Å². The summed E-state index contributed by atoms with van der Waals surface area (Å²) in [4.78, 5) is 0. The molecule has 0 heterocycles. The predicted octanol–water partition coefficient (Wildman–Crippen LogP) is 3.49.